The molecule has 0 radical (unpaired) electrons. The normalized spacial score (nSPS) is 9.67. The molecule has 0 saturated heterocycles. The van der Waals surface area contributed by atoms with Crippen LogP contribution < -0.4 is 0 Å². The van der Waals surface area contributed by atoms with Gasteiger partial charge in [0.05, 0.1) is 0 Å². The third kappa shape index (κ3) is 4310. The van der Waals surface area contributed by atoms with Gasteiger partial charge in [-0.1, -0.05) is 0 Å². The van der Waals surface area contributed by atoms with Crippen molar-refractivity contribution in [2.45, 2.75) is 0 Å². The molecule has 12 heteroatoms. The van der Waals surface area contributed by atoms with Gasteiger partial charge in [-0.25, -0.2) is 0 Å². The molecule has 9 nitrogen and oxygen atoms in total. The molecule has 0 aromatic heterocycles. The molecule has 0 aliphatic heterocycles. The van der Waals surface area contributed by atoms with Crippen LogP contribution in [0, 0.1) is 0 Å². The fraction of sp³-hybridized carbons (Fsp3) is 0. The summed E-state index contributed by atoms with van der Waals surface area (Å²) in [6.45, 7) is 0. The van der Waals surface area contributed by atoms with E-state index in [1.807, 2.05) is 0 Å². The quantitative estimate of drug-likeness (QED) is 0.269. The molecule has 0 aliphatic carbocycles. The fourth-order valence-electron chi connectivity index (χ4n) is 0. The van der Waals surface area contributed by atoms with Crippen LogP contribution in [0.25, 0.3) is 0 Å². The van der Waals surface area contributed by atoms with E-state index in [0.29, 0.717) is 0 Å². The van der Waals surface area contributed by atoms with Gasteiger partial charge in [-0.3, -0.25) is 18.2 Å². The van der Waals surface area contributed by atoms with Crippen molar-refractivity contribution >= 4 is 43.9 Å². The van der Waals surface area contributed by atoms with E-state index in [1.54, 1.807) is 0 Å². The van der Waals surface area contributed by atoms with Crippen molar-refractivity contribution in [2.75, 3.05) is 0 Å². The van der Waals surface area contributed by atoms with Crippen LogP contribution in [0.3, 0.4) is 0 Å². The van der Waals surface area contributed by atoms with Gasteiger partial charge >= 0.3 is 43.9 Å². The number of hydrogen-bond acceptors (Lipinski definition) is 4. The molecule has 0 aliphatic rings. The Labute approximate surface area is 87.4 Å². The van der Waals surface area contributed by atoms with Gasteiger partial charge in [-0.15, -0.1) is 0 Å². The van der Waals surface area contributed by atoms with Crippen LogP contribution >= 0.6 is 0 Å². The van der Waals surface area contributed by atoms with Crippen molar-refractivity contribution < 1.29 is 43.4 Å². The van der Waals surface area contributed by atoms with E-state index >= 15 is 0 Å². The first-order chi connectivity index (χ1) is 4.00. The first-order valence-electron chi connectivity index (χ1n) is 1.40. The summed E-state index contributed by atoms with van der Waals surface area (Å²) < 4.78 is 63.2. The zero-order valence-corrected chi connectivity index (χ0v) is 8.49. The summed E-state index contributed by atoms with van der Waals surface area (Å²) in [5, 5.41) is 0. The summed E-state index contributed by atoms with van der Waals surface area (Å²) in [5.41, 5.74) is 0. The van der Waals surface area contributed by atoms with Gasteiger partial charge in [-0.05, 0) is 0 Å². The van der Waals surface area contributed by atoms with Gasteiger partial charge in [0.2, 0.25) is 0 Å². The van der Waals surface area contributed by atoms with Crippen LogP contribution in [-0.2, 0) is 20.8 Å². The molecule has 0 saturated carbocycles. The Balaban J connectivity index is -0.0000000178. The zero-order valence-electron chi connectivity index (χ0n) is 7.45. The van der Waals surface area contributed by atoms with Crippen LogP contribution in [0.2, 0.25) is 0 Å². The Morgan fingerprint density at radius 1 is 0.750 bits per heavy atom. The van der Waals surface area contributed by atoms with Crippen molar-refractivity contribution in [1.29, 1.82) is 0 Å². The Bertz CT molecular complexity index is 217. The zero-order chi connectivity index (χ0) is 9.00. The minimum absolute atomic E-state index is 0. The van der Waals surface area contributed by atoms with E-state index < -0.39 is 20.8 Å². The fourth-order valence-corrected chi connectivity index (χ4v) is 0. The molecule has 0 unspecified atom stereocenters. The molecule has 76 valence electrons. The number of rotatable bonds is 0. The molecule has 0 atom stereocenters. The molecule has 0 rings (SSSR count). The van der Waals surface area contributed by atoms with E-state index in [9.17, 15) is 0 Å². The van der Waals surface area contributed by atoms with Crippen molar-refractivity contribution in [3.63, 3.8) is 0 Å². The van der Waals surface area contributed by atoms with Gasteiger partial charge < -0.3 is 8.33 Å². The predicted molar refractivity (Wildman–Crippen MR) is 39.9 cm³/mol. The van der Waals surface area contributed by atoms with Crippen molar-refractivity contribution in [1.82, 2.24) is 0 Å². The molecule has 0 aromatic rings. The second-order valence-corrected chi connectivity index (χ2v) is 2.69. The molecule has 0 bridgehead atoms. The van der Waals surface area contributed by atoms with Crippen LogP contribution in [0.4, 0.5) is 0 Å². The van der Waals surface area contributed by atoms with Crippen LogP contribution in [-0.4, -0.2) is 63.6 Å². The molecule has 0 heterocycles. The van der Waals surface area contributed by atoms with Crippen molar-refractivity contribution in [3.8, 4) is 0 Å². The molecule has 6 N–H and O–H groups in total. The standard InChI is InChI=1S/Mg.2H2O4S.H2O.2H/c;2*1-5(2,3)4;;;/h;2*(H2,1,2,3,4);1H2;;/q+2;;;;2*-1. The minimum Gasteiger partial charge on any atom is -1.00 e. The Hall–Kier alpha value is 0.466. The molecule has 0 fully saturated rings. The molecule has 0 spiro atoms. The molecule has 12 heavy (non-hydrogen) atoms. The molecule has 0 aromatic carbocycles. The maximum atomic E-state index is 8.74. The van der Waals surface area contributed by atoms with Crippen molar-refractivity contribution in [3.05, 3.63) is 0 Å². The Morgan fingerprint density at radius 2 is 0.750 bits per heavy atom. The van der Waals surface area contributed by atoms with Crippen LogP contribution in [0.5, 0.6) is 0 Å². The maximum absolute atomic E-state index is 8.74. The van der Waals surface area contributed by atoms with E-state index in [0.717, 1.165) is 0 Å². The second kappa shape index (κ2) is 8.08. The summed E-state index contributed by atoms with van der Waals surface area (Å²) in [7, 11) is -9.33. The average Bonchev–Trinajstić information content (AvgIpc) is 1.12. The smallest absolute Gasteiger partial charge is 1.00 e. The van der Waals surface area contributed by atoms with Gasteiger partial charge in [0.15, 0.2) is 0 Å². The van der Waals surface area contributed by atoms with Gasteiger partial charge in [0.1, 0.15) is 0 Å². The summed E-state index contributed by atoms with van der Waals surface area (Å²) in [4.78, 5) is 0. The average molecular weight is 240 g/mol. The van der Waals surface area contributed by atoms with Crippen LogP contribution in [0.1, 0.15) is 2.85 Å². The topological polar surface area (TPSA) is 181 Å². The Morgan fingerprint density at radius 3 is 0.750 bits per heavy atom. The minimum atomic E-state index is -4.67. The Kier molecular flexibility index (Phi) is 15.4. The molecule has 0 amide bonds. The van der Waals surface area contributed by atoms with Crippen LogP contribution in [0.15, 0.2) is 0 Å². The summed E-state index contributed by atoms with van der Waals surface area (Å²) in [6.07, 6.45) is 0. The summed E-state index contributed by atoms with van der Waals surface area (Å²) in [5.74, 6) is 0. The van der Waals surface area contributed by atoms with E-state index in [-0.39, 0.29) is 31.4 Å². The first kappa shape index (κ1) is 22.9. The third-order valence-corrected chi connectivity index (χ3v) is 0. The molecular formula is H8MgO9S2. The summed E-state index contributed by atoms with van der Waals surface area (Å²) in [6, 6.07) is 0. The first-order valence-corrected chi connectivity index (χ1v) is 4.19. The van der Waals surface area contributed by atoms with Gasteiger partial charge in [0.25, 0.3) is 0 Å². The van der Waals surface area contributed by atoms with Crippen molar-refractivity contribution in [2.24, 2.45) is 0 Å². The maximum Gasteiger partial charge on any atom is 2.00 e. The monoisotopic (exact) mass is 240 g/mol. The van der Waals surface area contributed by atoms with Gasteiger partial charge in [-0.2, -0.15) is 16.8 Å². The largest absolute Gasteiger partial charge is 2.00 e. The SMILES string of the molecule is O.O=S(=O)(O)O.O=S(=O)(O)O.[H-].[H-].[Mg+2]. The predicted octanol–water partition coefficient (Wildman–Crippen LogP) is -2.29. The van der Waals surface area contributed by atoms with Gasteiger partial charge in [0, 0.05) is 0 Å². The summed E-state index contributed by atoms with van der Waals surface area (Å²) >= 11 is 0. The van der Waals surface area contributed by atoms with E-state index in [2.05, 4.69) is 0 Å². The second-order valence-electron chi connectivity index (χ2n) is 0.896. The molecular weight excluding hydrogens is 232 g/mol. The third-order valence-electron chi connectivity index (χ3n) is 0. The van der Waals surface area contributed by atoms with E-state index in [4.69, 9.17) is 35.0 Å². The number of hydrogen-bond donors (Lipinski definition) is 4. The van der Waals surface area contributed by atoms with E-state index in [1.165, 1.54) is 0 Å².